The Morgan fingerprint density at radius 3 is 2.81 bits per heavy atom. The Labute approximate surface area is 218 Å². The lowest BCUT2D eigenvalue weighted by atomic mass is 9.76. The van der Waals surface area contributed by atoms with E-state index in [2.05, 4.69) is 33.4 Å². The number of pyridine rings is 1. The summed E-state index contributed by atoms with van der Waals surface area (Å²) in [4.78, 5) is 15.7. The quantitative estimate of drug-likeness (QED) is 0.502. The van der Waals surface area contributed by atoms with Crippen molar-refractivity contribution in [1.29, 1.82) is 0 Å². The number of hydrogen-bond acceptors (Lipinski definition) is 8. The Bertz CT molecular complexity index is 1420. The zero-order valence-electron chi connectivity index (χ0n) is 21.6. The van der Waals surface area contributed by atoms with Crippen LogP contribution < -0.4 is 20.1 Å². The molecule has 1 aliphatic heterocycles. The highest BCUT2D eigenvalue weighted by molar-refractivity contribution is 7.89. The minimum absolute atomic E-state index is 0.0125. The van der Waals surface area contributed by atoms with Gasteiger partial charge in [0.05, 0.1) is 6.54 Å². The van der Waals surface area contributed by atoms with Crippen molar-refractivity contribution in [3.63, 3.8) is 0 Å². The molecule has 10 heteroatoms. The van der Waals surface area contributed by atoms with Crippen molar-refractivity contribution in [1.82, 2.24) is 19.7 Å². The number of anilines is 2. The normalized spacial score (nSPS) is 16.9. The zero-order valence-corrected chi connectivity index (χ0v) is 22.4. The predicted molar refractivity (Wildman–Crippen MR) is 144 cm³/mol. The Balaban J connectivity index is 1.48. The van der Waals surface area contributed by atoms with Crippen LogP contribution in [0.25, 0.3) is 11.1 Å². The van der Waals surface area contributed by atoms with Crippen LogP contribution in [0.4, 0.5) is 11.6 Å². The van der Waals surface area contributed by atoms with Gasteiger partial charge >= 0.3 is 0 Å². The molecule has 196 valence electrons. The van der Waals surface area contributed by atoms with E-state index in [0.717, 1.165) is 47.7 Å². The second-order valence-corrected chi connectivity index (χ2v) is 12.3. The van der Waals surface area contributed by atoms with Crippen LogP contribution in [0.3, 0.4) is 0 Å². The van der Waals surface area contributed by atoms with Crippen LogP contribution in [-0.4, -0.2) is 43.1 Å². The summed E-state index contributed by atoms with van der Waals surface area (Å²) in [6, 6.07) is 7.48. The highest BCUT2D eigenvalue weighted by Crippen LogP contribution is 2.39. The van der Waals surface area contributed by atoms with Crippen LogP contribution in [0.1, 0.15) is 50.4 Å². The first kappa shape index (κ1) is 25.4. The van der Waals surface area contributed by atoms with Crippen molar-refractivity contribution < 1.29 is 13.2 Å². The number of fused-ring (bicyclic) bond motifs is 2. The van der Waals surface area contributed by atoms with E-state index in [-0.39, 0.29) is 16.1 Å². The van der Waals surface area contributed by atoms with Gasteiger partial charge in [-0.15, -0.1) is 0 Å². The molecule has 37 heavy (non-hydrogen) atoms. The number of nitrogens with two attached hydrogens (primary N) is 1. The summed E-state index contributed by atoms with van der Waals surface area (Å²) >= 11 is 0. The van der Waals surface area contributed by atoms with Gasteiger partial charge in [-0.25, -0.2) is 28.1 Å². The van der Waals surface area contributed by atoms with E-state index in [1.807, 2.05) is 25.1 Å². The van der Waals surface area contributed by atoms with Gasteiger partial charge in [0.1, 0.15) is 35.2 Å². The molecule has 1 aliphatic carbocycles. The smallest absolute Gasteiger partial charge is 0.244 e. The molecule has 2 aliphatic rings. The Morgan fingerprint density at radius 2 is 2.00 bits per heavy atom. The standard InChI is InChI=1S/C27H34N6O3S/c1-4-9-32-37(34,35)24-13-19(15-29-25(24)28)18-5-6-23-20(12-18)16-33(10-11-36-23)26-21-14-27(2,3)8-7-22(21)30-17-31-26/h5-6,12-13,15,17,32H,4,7-11,14,16H2,1-3H3,(H2,28,29). The van der Waals surface area contributed by atoms with Gasteiger partial charge in [-0.05, 0) is 54.9 Å². The minimum Gasteiger partial charge on any atom is -0.491 e. The molecule has 0 atom stereocenters. The molecule has 0 fully saturated rings. The van der Waals surface area contributed by atoms with Gasteiger partial charge in [-0.3, -0.25) is 0 Å². The Kier molecular flexibility index (Phi) is 6.80. The molecule has 2 aromatic heterocycles. The van der Waals surface area contributed by atoms with E-state index >= 15 is 0 Å². The molecule has 3 heterocycles. The predicted octanol–water partition coefficient (Wildman–Crippen LogP) is 3.72. The molecular weight excluding hydrogens is 488 g/mol. The summed E-state index contributed by atoms with van der Waals surface area (Å²) in [6.07, 6.45) is 6.99. The third-order valence-electron chi connectivity index (χ3n) is 7.09. The van der Waals surface area contributed by atoms with Crippen LogP contribution in [-0.2, 0) is 29.4 Å². The maximum absolute atomic E-state index is 12.8. The van der Waals surface area contributed by atoms with Crippen molar-refractivity contribution >= 4 is 21.7 Å². The average molecular weight is 523 g/mol. The van der Waals surface area contributed by atoms with Crippen molar-refractivity contribution in [2.24, 2.45) is 5.41 Å². The molecule has 0 amide bonds. The lowest BCUT2D eigenvalue weighted by Gasteiger charge is -2.33. The number of sulfonamides is 1. The van der Waals surface area contributed by atoms with Crippen molar-refractivity contribution in [2.45, 2.75) is 57.9 Å². The van der Waals surface area contributed by atoms with E-state index in [4.69, 9.17) is 15.5 Å². The van der Waals surface area contributed by atoms with E-state index in [1.54, 1.807) is 18.6 Å². The number of benzene rings is 1. The number of nitrogens with zero attached hydrogens (tertiary/aromatic N) is 4. The number of hydrogen-bond donors (Lipinski definition) is 2. The first-order valence-corrected chi connectivity index (χ1v) is 14.2. The maximum atomic E-state index is 12.8. The largest absolute Gasteiger partial charge is 0.491 e. The second-order valence-electron chi connectivity index (χ2n) is 10.6. The minimum atomic E-state index is -3.75. The van der Waals surface area contributed by atoms with Crippen LogP contribution in [0.2, 0.25) is 0 Å². The third kappa shape index (κ3) is 5.26. The van der Waals surface area contributed by atoms with E-state index in [0.29, 0.717) is 38.2 Å². The SMILES string of the molecule is CCCNS(=O)(=O)c1cc(-c2ccc3c(c2)CN(c2ncnc4c2CC(C)(C)CC4)CCO3)cnc1N. The van der Waals surface area contributed by atoms with E-state index in [1.165, 1.54) is 5.56 Å². The monoisotopic (exact) mass is 522 g/mol. The van der Waals surface area contributed by atoms with Crippen LogP contribution in [0.15, 0.2) is 41.7 Å². The molecule has 5 rings (SSSR count). The fourth-order valence-electron chi connectivity index (χ4n) is 5.03. The first-order valence-electron chi connectivity index (χ1n) is 12.8. The molecule has 0 bridgehead atoms. The fraction of sp³-hybridized carbons (Fsp3) is 0.444. The Morgan fingerprint density at radius 1 is 1.16 bits per heavy atom. The first-order chi connectivity index (χ1) is 17.7. The number of rotatable bonds is 6. The number of aromatic nitrogens is 3. The highest BCUT2D eigenvalue weighted by Gasteiger charge is 2.30. The summed E-state index contributed by atoms with van der Waals surface area (Å²) in [5.41, 5.74) is 11.0. The number of aryl methyl sites for hydroxylation is 1. The van der Waals surface area contributed by atoms with Gasteiger partial charge in [-0.1, -0.05) is 26.8 Å². The van der Waals surface area contributed by atoms with Crippen molar-refractivity contribution in [3.05, 3.63) is 53.6 Å². The van der Waals surface area contributed by atoms with Crippen LogP contribution >= 0.6 is 0 Å². The molecular formula is C27H34N6O3S. The maximum Gasteiger partial charge on any atom is 0.244 e. The third-order valence-corrected chi connectivity index (χ3v) is 8.58. The van der Waals surface area contributed by atoms with Crippen molar-refractivity contribution in [3.8, 4) is 16.9 Å². The molecule has 3 aromatic rings. The summed E-state index contributed by atoms with van der Waals surface area (Å²) in [6.45, 7) is 8.71. The van der Waals surface area contributed by atoms with Crippen LogP contribution in [0.5, 0.6) is 5.75 Å². The molecule has 3 N–H and O–H groups in total. The zero-order chi connectivity index (χ0) is 26.2. The number of ether oxygens (including phenoxy) is 1. The lowest BCUT2D eigenvalue weighted by Crippen LogP contribution is -2.31. The fourth-order valence-corrected chi connectivity index (χ4v) is 6.27. The Hall–Kier alpha value is -3.24. The number of nitrogens with one attached hydrogen (secondary N) is 1. The summed E-state index contributed by atoms with van der Waals surface area (Å²) in [7, 11) is -3.75. The average Bonchev–Trinajstić information content (AvgIpc) is 3.08. The van der Waals surface area contributed by atoms with Gasteiger partial charge in [-0.2, -0.15) is 0 Å². The van der Waals surface area contributed by atoms with Crippen LogP contribution in [0, 0.1) is 5.41 Å². The van der Waals surface area contributed by atoms with Gasteiger partial charge in [0, 0.05) is 41.7 Å². The molecule has 1 aromatic carbocycles. The van der Waals surface area contributed by atoms with Gasteiger partial charge < -0.3 is 15.4 Å². The van der Waals surface area contributed by atoms with Crippen molar-refractivity contribution in [2.75, 3.05) is 30.3 Å². The summed E-state index contributed by atoms with van der Waals surface area (Å²) < 4.78 is 34.2. The summed E-state index contributed by atoms with van der Waals surface area (Å²) in [5.74, 6) is 1.77. The second kappa shape index (κ2) is 9.90. The van der Waals surface area contributed by atoms with Gasteiger partial charge in [0.2, 0.25) is 10.0 Å². The van der Waals surface area contributed by atoms with Gasteiger partial charge in [0.25, 0.3) is 0 Å². The molecule has 0 saturated heterocycles. The van der Waals surface area contributed by atoms with Gasteiger partial charge in [0.15, 0.2) is 0 Å². The van der Waals surface area contributed by atoms with E-state index in [9.17, 15) is 8.42 Å². The number of nitrogen functional groups attached to an aromatic ring is 1. The van der Waals surface area contributed by atoms with E-state index < -0.39 is 10.0 Å². The molecule has 9 nitrogen and oxygen atoms in total. The highest BCUT2D eigenvalue weighted by atomic mass is 32.2. The molecule has 0 saturated carbocycles. The molecule has 0 unspecified atom stereocenters. The topological polar surface area (TPSA) is 123 Å². The lowest BCUT2D eigenvalue weighted by molar-refractivity contribution is 0.310. The molecule has 0 spiro atoms. The molecule has 0 radical (unpaired) electrons. The summed E-state index contributed by atoms with van der Waals surface area (Å²) in [5, 5.41) is 0.